The van der Waals surface area contributed by atoms with E-state index < -0.39 is 6.10 Å². The first kappa shape index (κ1) is 11.1. The van der Waals surface area contributed by atoms with Crippen molar-refractivity contribution in [3.8, 4) is 0 Å². The van der Waals surface area contributed by atoms with Crippen LogP contribution in [0.2, 0.25) is 5.02 Å². The van der Waals surface area contributed by atoms with E-state index in [1.165, 1.54) is 23.0 Å². The molecule has 1 heterocycles. The monoisotopic (exact) mass is 240 g/mol. The third-order valence-corrected chi connectivity index (χ3v) is 2.39. The molecular formula is C11H10ClFN2O. The summed E-state index contributed by atoms with van der Waals surface area (Å²) in [4.78, 5) is 0. The lowest BCUT2D eigenvalue weighted by molar-refractivity contribution is 0.151. The van der Waals surface area contributed by atoms with Crippen LogP contribution in [0.1, 0.15) is 11.7 Å². The highest BCUT2D eigenvalue weighted by molar-refractivity contribution is 6.30. The van der Waals surface area contributed by atoms with Gasteiger partial charge >= 0.3 is 0 Å². The Morgan fingerprint density at radius 2 is 2.31 bits per heavy atom. The van der Waals surface area contributed by atoms with E-state index >= 15 is 0 Å². The minimum atomic E-state index is -0.799. The predicted molar refractivity (Wildman–Crippen MR) is 58.6 cm³/mol. The van der Waals surface area contributed by atoms with Gasteiger partial charge in [0.15, 0.2) is 0 Å². The fraction of sp³-hybridized carbons (Fsp3) is 0.182. The van der Waals surface area contributed by atoms with Gasteiger partial charge in [-0.2, -0.15) is 5.10 Å². The van der Waals surface area contributed by atoms with Gasteiger partial charge in [0.1, 0.15) is 5.82 Å². The summed E-state index contributed by atoms with van der Waals surface area (Å²) in [5.74, 6) is -0.366. The van der Waals surface area contributed by atoms with Crippen molar-refractivity contribution in [2.24, 2.45) is 0 Å². The quantitative estimate of drug-likeness (QED) is 0.895. The average molecular weight is 241 g/mol. The molecule has 0 aliphatic heterocycles. The summed E-state index contributed by atoms with van der Waals surface area (Å²) in [5.41, 5.74) is 0.520. The standard InChI is InChI=1S/C11H10ClFN2O/c12-9-5-14-15(6-9)7-11(16)8-2-1-3-10(13)4-8/h1-6,11,16H,7H2. The lowest BCUT2D eigenvalue weighted by Gasteiger charge is -2.10. The zero-order valence-electron chi connectivity index (χ0n) is 8.35. The number of aliphatic hydroxyl groups is 1. The van der Waals surface area contributed by atoms with Gasteiger partial charge in [0, 0.05) is 6.20 Å². The zero-order valence-corrected chi connectivity index (χ0v) is 9.10. The molecule has 3 nitrogen and oxygen atoms in total. The zero-order chi connectivity index (χ0) is 11.5. The van der Waals surface area contributed by atoms with Crippen LogP contribution in [0.3, 0.4) is 0 Å². The maximum Gasteiger partial charge on any atom is 0.123 e. The third-order valence-electron chi connectivity index (χ3n) is 2.20. The SMILES string of the molecule is OC(Cn1cc(Cl)cn1)c1cccc(F)c1. The number of hydrogen-bond donors (Lipinski definition) is 1. The second kappa shape index (κ2) is 4.63. The van der Waals surface area contributed by atoms with Crippen LogP contribution in [0.4, 0.5) is 4.39 Å². The topological polar surface area (TPSA) is 38.0 Å². The molecule has 0 saturated carbocycles. The number of rotatable bonds is 3. The Morgan fingerprint density at radius 1 is 1.50 bits per heavy atom. The van der Waals surface area contributed by atoms with E-state index in [1.807, 2.05) is 0 Å². The molecule has 0 radical (unpaired) electrons. The molecule has 1 aromatic carbocycles. The highest BCUT2D eigenvalue weighted by Gasteiger charge is 2.09. The van der Waals surface area contributed by atoms with Gasteiger partial charge < -0.3 is 5.11 Å². The summed E-state index contributed by atoms with van der Waals surface area (Å²) in [7, 11) is 0. The van der Waals surface area contributed by atoms with Crippen LogP contribution in [-0.4, -0.2) is 14.9 Å². The molecule has 0 saturated heterocycles. The average Bonchev–Trinajstić information content (AvgIpc) is 2.64. The molecule has 0 aliphatic rings. The second-order valence-electron chi connectivity index (χ2n) is 3.45. The second-order valence-corrected chi connectivity index (χ2v) is 3.89. The van der Waals surface area contributed by atoms with Crippen molar-refractivity contribution in [2.45, 2.75) is 12.6 Å². The minimum absolute atomic E-state index is 0.246. The summed E-state index contributed by atoms with van der Waals surface area (Å²) in [5, 5.41) is 14.3. The van der Waals surface area contributed by atoms with Gasteiger partial charge in [-0.25, -0.2) is 4.39 Å². The van der Waals surface area contributed by atoms with E-state index in [2.05, 4.69) is 5.10 Å². The molecule has 16 heavy (non-hydrogen) atoms. The molecule has 2 rings (SSSR count). The van der Waals surface area contributed by atoms with Crippen LogP contribution in [0, 0.1) is 5.82 Å². The molecule has 0 aliphatic carbocycles. The minimum Gasteiger partial charge on any atom is -0.386 e. The normalized spacial score (nSPS) is 12.7. The molecule has 1 N–H and O–H groups in total. The number of benzene rings is 1. The van der Waals surface area contributed by atoms with Crippen molar-refractivity contribution in [1.82, 2.24) is 9.78 Å². The van der Waals surface area contributed by atoms with E-state index in [9.17, 15) is 9.50 Å². The van der Waals surface area contributed by atoms with Gasteiger partial charge in [-0.3, -0.25) is 4.68 Å². The van der Waals surface area contributed by atoms with Crippen LogP contribution in [-0.2, 0) is 6.54 Å². The molecule has 1 atom stereocenters. The van der Waals surface area contributed by atoms with E-state index in [0.29, 0.717) is 10.6 Å². The van der Waals surface area contributed by atoms with E-state index in [-0.39, 0.29) is 12.4 Å². The number of halogens is 2. The molecule has 1 unspecified atom stereocenters. The van der Waals surface area contributed by atoms with Crippen LogP contribution >= 0.6 is 11.6 Å². The summed E-state index contributed by atoms with van der Waals surface area (Å²) in [6, 6.07) is 5.86. The van der Waals surface area contributed by atoms with Gasteiger partial charge in [-0.1, -0.05) is 23.7 Å². The van der Waals surface area contributed by atoms with Gasteiger partial charge in [-0.05, 0) is 17.7 Å². The Bertz CT molecular complexity index is 486. The highest BCUT2D eigenvalue weighted by Crippen LogP contribution is 2.16. The van der Waals surface area contributed by atoms with Crippen LogP contribution < -0.4 is 0 Å². The fourth-order valence-electron chi connectivity index (χ4n) is 1.43. The van der Waals surface area contributed by atoms with Gasteiger partial charge in [0.05, 0.1) is 23.9 Å². The maximum absolute atomic E-state index is 12.9. The molecule has 0 spiro atoms. The van der Waals surface area contributed by atoms with Crippen molar-refractivity contribution in [3.63, 3.8) is 0 Å². The molecule has 0 amide bonds. The first-order valence-corrected chi connectivity index (χ1v) is 5.14. The van der Waals surface area contributed by atoms with Gasteiger partial charge in [0.2, 0.25) is 0 Å². The van der Waals surface area contributed by atoms with Gasteiger partial charge in [-0.15, -0.1) is 0 Å². The Labute approximate surface area is 97.1 Å². The van der Waals surface area contributed by atoms with E-state index in [4.69, 9.17) is 11.6 Å². The Morgan fingerprint density at radius 3 is 2.94 bits per heavy atom. The summed E-state index contributed by atoms with van der Waals surface area (Å²) in [6.07, 6.45) is 2.29. The molecule has 84 valence electrons. The molecule has 1 aromatic heterocycles. The molecule has 0 bridgehead atoms. The Kier molecular flexibility index (Phi) is 3.22. The van der Waals surface area contributed by atoms with E-state index in [1.54, 1.807) is 18.3 Å². The Balaban J connectivity index is 2.11. The fourth-order valence-corrected chi connectivity index (χ4v) is 1.59. The van der Waals surface area contributed by atoms with Crippen LogP contribution in [0.25, 0.3) is 0 Å². The number of nitrogens with zero attached hydrogens (tertiary/aromatic N) is 2. The largest absolute Gasteiger partial charge is 0.386 e. The van der Waals surface area contributed by atoms with E-state index in [0.717, 1.165) is 0 Å². The highest BCUT2D eigenvalue weighted by atomic mass is 35.5. The van der Waals surface area contributed by atoms with Crippen molar-refractivity contribution in [2.75, 3.05) is 0 Å². The molecule has 5 heteroatoms. The predicted octanol–water partition coefficient (Wildman–Crippen LogP) is 2.41. The number of aliphatic hydroxyl groups excluding tert-OH is 1. The lowest BCUT2D eigenvalue weighted by atomic mass is 10.1. The van der Waals surface area contributed by atoms with Gasteiger partial charge in [0.25, 0.3) is 0 Å². The maximum atomic E-state index is 12.9. The van der Waals surface area contributed by atoms with Crippen molar-refractivity contribution in [1.29, 1.82) is 0 Å². The lowest BCUT2D eigenvalue weighted by Crippen LogP contribution is -2.09. The van der Waals surface area contributed by atoms with Crippen molar-refractivity contribution < 1.29 is 9.50 Å². The molecule has 0 fully saturated rings. The first-order valence-electron chi connectivity index (χ1n) is 4.76. The Hall–Kier alpha value is -1.39. The first-order chi connectivity index (χ1) is 7.65. The molecular weight excluding hydrogens is 231 g/mol. The summed E-state index contributed by atoms with van der Waals surface area (Å²) in [6.45, 7) is 0.246. The van der Waals surface area contributed by atoms with Crippen LogP contribution in [0.5, 0.6) is 0 Å². The number of hydrogen-bond acceptors (Lipinski definition) is 2. The summed E-state index contributed by atoms with van der Waals surface area (Å²) < 4.78 is 14.4. The molecule has 2 aromatic rings. The van der Waals surface area contributed by atoms with Crippen LogP contribution in [0.15, 0.2) is 36.7 Å². The van der Waals surface area contributed by atoms with Crippen molar-refractivity contribution in [3.05, 3.63) is 53.1 Å². The van der Waals surface area contributed by atoms with Crippen molar-refractivity contribution >= 4 is 11.6 Å². The number of aromatic nitrogens is 2. The third kappa shape index (κ3) is 2.59. The summed E-state index contributed by atoms with van der Waals surface area (Å²) >= 11 is 5.69. The smallest absolute Gasteiger partial charge is 0.123 e.